The summed E-state index contributed by atoms with van der Waals surface area (Å²) in [6, 6.07) is 11.8. The van der Waals surface area contributed by atoms with Crippen molar-refractivity contribution in [2.45, 2.75) is 51.5 Å². The number of hydrogen-bond acceptors (Lipinski definition) is 5. The van der Waals surface area contributed by atoms with E-state index in [2.05, 4.69) is 18.3 Å². The molecule has 3 aliphatic rings. The number of carbonyl (C=O) groups excluding carboxylic acids is 1. The lowest BCUT2D eigenvalue weighted by atomic mass is 9.99. The number of amides is 1. The van der Waals surface area contributed by atoms with Crippen LogP contribution in [0.5, 0.6) is 11.5 Å². The molecule has 0 aliphatic carbocycles. The third kappa shape index (κ3) is 3.39. The van der Waals surface area contributed by atoms with Gasteiger partial charge in [-0.2, -0.15) is 0 Å². The molecule has 0 unspecified atom stereocenters. The van der Waals surface area contributed by atoms with Gasteiger partial charge in [-0.1, -0.05) is 12.1 Å². The summed E-state index contributed by atoms with van der Waals surface area (Å²) in [6.07, 6.45) is 2.74. The van der Waals surface area contributed by atoms with E-state index in [0.29, 0.717) is 18.7 Å². The Labute approximate surface area is 177 Å². The molecule has 158 valence electrons. The first kappa shape index (κ1) is 19.2. The third-order valence-corrected chi connectivity index (χ3v) is 6.07. The van der Waals surface area contributed by atoms with Crippen LogP contribution in [0.4, 0.5) is 5.69 Å². The third-order valence-electron chi connectivity index (χ3n) is 6.07. The van der Waals surface area contributed by atoms with E-state index in [1.54, 1.807) is 0 Å². The topological polar surface area (TPSA) is 60.0 Å². The molecule has 1 fully saturated rings. The monoisotopic (exact) mass is 408 g/mol. The van der Waals surface area contributed by atoms with Crippen molar-refractivity contribution < 1.29 is 19.0 Å². The molecule has 6 heteroatoms. The Hall–Kier alpha value is -2.73. The van der Waals surface area contributed by atoms with Gasteiger partial charge in [0.05, 0.1) is 18.3 Å². The van der Waals surface area contributed by atoms with Crippen LogP contribution in [0.1, 0.15) is 54.3 Å². The maximum Gasteiger partial charge on any atom is 0.257 e. The van der Waals surface area contributed by atoms with Crippen LogP contribution >= 0.6 is 0 Å². The van der Waals surface area contributed by atoms with E-state index < -0.39 is 0 Å². The molecule has 2 aromatic carbocycles. The summed E-state index contributed by atoms with van der Waals surface area (Å²) in [4.78, 5) is 15.4. The summed E-state index contributed by atoms with van der Waals surface area (Å²) in [5.74, 6) is 1.70. The molecule has 0 radical (unpaired) electrons. The lowest BCUT2D eigenvalue weighted by Crippen LogP contribution is -2.46. The molecule has 5 rings (SSSR count). The van der Waals surface area contributed by atoms with Gasteiger partial charge in [0.2, 0.25) is 0 Å². The highest BCUT2D eigenvalue weighted by atomic mass is 16.5. The Kier molecular flexibility index (Phi) is 5.03. The van der Waals surface area contributed by atoms with Crippen LogP contribution < -0.4 is 14.8 Å². The van der Waals surface area contributed by atoms with Crippen molar-refractivity contribution in [2.24, 2.45) is 0 Å². The smallest absolute Gasteiger partial charge is 0.257 e. The van der Waals surface area contributed by atoms with Gasteiger partial charge in [0, 0.05) is 36.4 Å². The molecule has 0 bridgehead atoms. The number of para-hydroxylation sites is 1. The van der Waals surface area contributed by atoms with Gasteiger partial charge in [0.1, 0.15) is 23.8 Å². The number of rotatable bonds is 5. The zero-order valence-corrected chi connectivity index (χ0v) is 17.5. The van der Waals surface area contributed by atoms with Crippen LogP contribution in [0.2, 0.25) is 0 Å². The molecule has 0 saturated carbocycles. The van der Waals surface area contributed by atoms with E-state index in [0.717, 1.165) is 54.2 Å². The van der Waals surface area contributed by atoms with Crippen molar-refractivity contribution in [1.82, 2.24) is 4.90 Å². The first-order valence-electron chi connectivity index (χ1n) is 10.9. The van der Waals surface area contributed by atoms with Gasteiger partial charge in [-0.15, -0.1) is 0 Å². The molecule has 1 saturated heterocycles. The lowest BCUT2D eigenvalue weighted by molar-refractivity contribution is 0.0423. The first-order valence-corrected chi connectivity index (χ1v) is 10.9. The average molecular weight is 408 g/mol. The molecular weight excluding hydrogens is 380 g/mol. The fraction of sp³-hybridized carbons (Fsp3) is 0.458. The van der Waals surface area contributed by atoms with Crippen LogP contribution in [0, 0.1) is 0 Å². The van der Waals surface area contributed by atoms with Gasteiger partial charge in [-0.05, 0) is 51.0 Å². The molecule has 3 atom stereocenters. The van der Waals surface area contributed by atoms with Crippen molar-refractivity contribution in [3.8, 4) is 11.5 Å². The van der Waals surface area contributed by atoms with Gasteiger partial charge in [-0.3, -0.25) is 4.79 Å². The molecular formula is C24H28N2O4. The van der Waals surface area contributed by atoms with E-state index in [1.807, 2.05) is 42.2 Å². The molecule has 0 spiro atoms. The number of anilines is 1. The van der Waals surface area contributed by atoms with Crippen LogP contribution in [-0.2, 0) is 11.2 Å². The van der Waals surface area contributed by atoms with Crippen LogP contribution in [0.25, 0.3) is 0 Å². The summed E-state index contributed by atoms with van der Waals surface area (Å²) in [5.41, 5.74) is 3.61. The second kappa shape index (κ2) is 7.84. The number of benzene rings is 2. The molecule has 3 heterocycles. The Morgan fingerprint density at radius 1 is 1.27 bits per heavy atom. The van der Waals surface area contributed by atoms with E-state index in [-0.39, 0.29) is 24.3 Å². The van der Waals surface area contributed by atoms with Gasteiger partial charge in [0.15, 0.2) is 0 Å². The normalized spacial score (nSPS) is 24.8. The van der Waals surface area contributed by atoms with Gasteiger partial charge >= 0.3 is 0 Å². The minimum atomic E-state index is -0.344. The highest BCUT2D eigenvalue weighted by molar-refractivity contribution is 6.01. The van der Waals surface area contributed by atoms with E-state index in [1.165, 1.54) is 0 Å². The van der Waals surface area contributed by atoms with Gasteiger partial charge in [0.25, 0.3) is 5.91 Å². The Morgan fingerprint density at radius 3 is 2.93 bits per heavy atom. The molecule has 1 N–H and O–H groups in total. The first-order chi connectivity index (χ1) is 14.6. The fourth-order valence-corrected chi connectivity index (χ4v) is 4.68. The highest BCUT2D eigenvalue weighted by Gasteiger charge is 2.37. The zero-order valence-electron chi connectivity index (χ0n) is 17.5. The Bertz CT molecular complexity index is 954. The summed E-state index contributed by atoms with van der Waals surface area (Å²) >= 11 is 0. The minimum Gasteiger partial charge on any atom is -0.493 e. The Balaban J connectivity index is 1.58. The van der Waals surface area contributed by atoms with Crippen LogP contribution in [0.15, 0.2) is 36.4 Å². The zero-order chi connectivity index (χ0) is 20.7. The molecule has 30 heavy (non-hydrogen) atoms. The van der Waals surface area contributed by atoms with Crippen molar-refractivity contribution in [2.75, 3.05) is 25.1 Å². The van der Waals surface area contributed by atoms with Crippen molar-refractivity contribution in [1.29, 1.82) is 0 Å². The molecule has 3 aliphatic heterocycles. The summed E-state index contributed by atoms with van der Waals surface area (Å²) < 4.78 is 17.9. The second-order valence-electron chi connectivity index (χ2n) is 8.25. The number of ether oxygens (including phenoxy) is 3. The summed E-state index contributed by atoms with van der Waals surface area (Å²) in [7, 11) is 0. The number of hydrogen-bond donors (Lipinski definition) is 1. The Morgan fingerprint density at radius 2 is 2.13 bits per heavy atom. The van der Waals surface area contributed by atoms with Gasteiger partial charge < -0.3 is 24.4 Å². The SMILES string of the molecule is CCOc1cc2c(cc1[C@@H]1Nc3ccccc3C(=O)N1C[C@@H]1CCCO1)O[C@@H](C)C2. The molecule has 1 amide bonds. The lowest BCUT2D eigenvalue weighted by Gasteiger charge is -2.39. The number of nitrogens with zero attached hydrogens (tertiary/aromatic N) is 1. The summed E-state index contributed by atoms with van der Waals surface area (Å²) in [5, 5.41) is 3.58. The van der Waals surface area contributed by atoms with Crippen molar-refractivity contribution >= 4 is 11.6 Å². The standard InChI is InChI=1S/C24H28N2O4/c1-3-28-22-12-16-11-15(2)30-21(16)13-19(22)23-25-20-9-5-4-8-18(20)24(27)26(23)14-17-7-6-10-29-17/h4-5,8-9,12-13,15,17,23,25H,3,6-7,10-11,14H2,1-2H3/t15-,17-,23+/m0/s1. The second-order valence-corrected chi connectivity index (χ2v) is 8.25. The van der Waals surface area contributed by atoms with Crippen molar-refractivity contribution in [3.63, 3.8) is 0 Å². The van der Waals surface area contributed by atoms with Gasteiger partial charge in [-0.25, -0.2) is 0 Å². The fourth-order valence-electron chi connectivity index (χ4n) is 4.68. The van der Waals surface area contributed by atoms with E-state index in [9.17, 15) is 4.79 Å². The largest absolute Gasteiger partial charge is 0.493 e. The predicted octanol–water partition coefficient (Wildman–Crippen LogP) is 4.15. The maximum absolute atomic E-state index is 13.5. The highest BCUT2D eigenvalue weighted by Crippen LogP contribution is 2.42. The number of nitrogens with one attached hydrogen (secondary N) is 1. The van der Waals surface area contributed by atoms with Crippen molar-refractivity contribution in [3.05, 3.63) is 53.1 Å². The van der Waals surface area contributed by atoms with Crippen LogP contribution in [0.3, 0.4) is 0 Å². The quantitative estimate of drug-likeness (QED) is 0.805. The number of fused-ring (bicyclic) bond motifs is 2. The average Bonchev–Trinajstić information content (AvgIpc) is 3.38. The molecule has 0 aromatic heterocycles. The molecule has 2 aromatic rings. The predicted molar refractivity (Wildman–Crippen MR) is 114 cm³/mol. The van der Waals surface area contributed by atoms with E-state index in [4.69, 9.17) is 14.2 Å². The number of carbonyl (C=O) groups is 1. The summed E-state index contributed by atoms with van der Waals surface area (Å²) in [6.45, 7) is 5.92. The molecule has 6 nitrogen and oxygen atoms in total. The van der Waals surface area contributed by atoms with Crippen LogP contribution in [-0.4, -0.2) is 42.8 Å². The van der Waals surface area contributed by atoms with E-state index >= 15 is 0 Å². The maximum atomic E-state index is 13.5. The minimum absolute atomic E-state index is 0.0158.